The summed E-state index contributed by atoms with van der Waals surface area (Å²) in [6, 6.07) is 0. The minimum atomic E-state index is -1.02. The molecule has 4 aliphatic rings. The van der Waals surface area contributed by atoms with Gasteiger partial charge in [-0.1, -0.05) is 53.2 Å². The number of Topliss-reactive ketones (excluding diaryl/α,β-unsaturated/α-hetero) is 1. The van der Waals surface area contributed by atoms with Crippen molar-refractivity contribution in [1.29, 1.82) is 0 Å². The predicted molar refractivity (Wildman–Crippen MR) is 134 cm³/mol. The molecule has 4 heteroatoms. The highest BCUT2D eigenvalue weighted by atomic mass is 16.4. The van der Waals surface area contributed by atoms with E-state index in [0.717, 1.165) is 32.1 Å². The lowest BCUT2D eigenvalue weighted by atomic mass is 9.41. The fraction of sp³-hybridized carbons (Fsp3) is 0.767. The average Bonchev–Trinajstić information content (AvgIpc) is 3.02. The first-order valence-electron chi connectivity index (χ1n) is 13.4. The van der Waals surface area contributed by atoms with Gasteiger partial charge in [0.2, 0.25) is 0 Å². The molecule has 0 saturated heterocycles. The van der Waals surface area contributed by atoms with Crippen LogP contribution in [0.1, 0.15) is 99.8 Å². The third-order valence-corrected chi connectivity index (χ3v) is 11.6. The summed E-state index contributed by atoms with van der Waals surface area (Å²) in [6.07, 6.45) is 11.6. The molecule has 34 heavy (non-hydrogen) atoms. The maximum absolute atomic E-state index is 12.8. The fourth-order valence-corrected chi connectivity index (χ4v) is 9.29. The van der Waals surface area contributed by atoms with Gasteiger partial charge in [0, 0.05) is 23.8 Å². The van der Waals surface area contributed by atoms with Crippen LogP contribution in [0.2, 0.25) is 0 Å². The van der Waals surface area contributed by atoms with E-state index in [1.165, 1.54) is 19.4 Å². The van der Waals surface area contributed by atoms with Gasteiger partial charge < -0.3 is 5.11 Å². The maximum Gasteiger partial charge on any atom is 0.331 e. The van der Waals surface area contributed by atoms with E-state index in [1.807, 2.05) is 0 Å². The van der Waals surface area contributed by atoms with Crippen molar-refractivity contribution in [3.05, 3.63) is 23.3 Å². The monoisotopic (exact) mass is 468 g/mol. The molecule has 0 unspecified atom stereocenters. The normalized spacial score (nSPS) is 42.2. The highest BCUT2D eigenvalue weighted by Gasteiger charge is 2.65. The third-order valence-electron chi connectivity index (χ3n) is 11.6. The van der Waals surface area contributed by atoms with E-state index < -0.39 is 5.97 Å². The molecule has 0 aromatic heterocycles. The van der Waals surface area contributed by atoms with Crippen LogP contribution in [-0.4, -0.2) is 22.6 Å². The Kier molecular flexibility index (Phi) is 6.10. The molecule has 0 aliphatic heterocycles. The molecule has 4 nitrogen and oxygen atoms in total. The lowest BCUT2D eigenvalue weighted by molar-refractivity contribution is -0.146. The van der Waals surface area contributed by atoms with E-state index in [2.05, 4.69) is 47.6 Å². The van der Waals surface area contributed by atoms with Crippen molar-refractivity contribution in [2.75, 3.05) is 0 Å². The number of aliphatic carboxylic acids is 1. The Hall–Kier alpha value is -1.71. The summed E-state index contributed by atoms with van der Waals surface area (Å²) in [7, 11) is 0. The van der Waals surface area contributed by atoms with E-state index >= 15 is 0 Å². The Balaban J connectivity index is 1.61. The molecule has 3 saturated carbocycles. The predicted octanol–water partition coefficient (Wildman–Crippen LogP) is 6.79. The van der Waals surface area contributed by atoms with Gasteiger partial charge in [-0.05, 0) is 91.4 Å². The van der Waals surface area contributed by atoms with Crippen molar-refractivity contribution in [2.45, 2.75) is 99.8 Å². The summed E-state index contributed by atoms with van der Waals surface area (Å²) in [4.78, 5) is 36.5. The van der Waals surface area contributed by atoms with Gasteiger partial charge in [-0.15, -0.1) is 0 Å². The van der Waals surface area contributed by atoms with Crippen molar-refractivity contribution < 1.29 is 19.5 Å². The molecule has 4 aliphatic carbocycles. The van der Waals surface area contributed by atoms with Gasteiger partial charge in [0.05, 0.1) is 0 Å². The number of carbonyl (C=O) groups excluding carboxylic acids is 2. The van der Waals surface area contributed by atoms with Gasteiger partial charge in [-0.25, -0.2) is 4.79 Å². The molecule has 3 fully saturated rings. The Labute approximate surface area is 205 Å². The molecule has 7 atom stereocenters. The highest BCUT2D eigenvalue weighted by molar-refractivity contribution is 5.98. The summed E-state index contributed by atoms with van der Waals surface area (Å²) in [5, 5.41) is 9.12. The van der Waals surface area contributed by atoms with Crippen LogP contribution in [-0.2, 0) is 14.4 Å². The molecule has 1 N–H and O–H groups in total. The van der Waals surface area contributed by atoms with E-state index in [-0.39, 0.29) is 38.9 Å². The van der Waals surface area contributed by atoms with Crippen LogP contribution in [0.15, 0.2) is 23.3 Å². The van der Waals surface area contributed by atoms with Gasteiger partial charge in [-0.3, -0.25) is 9.59 Å². The number of fused-ring (bicyclic) bond motifs is 5. The molecule has 0 radical (unpaired) electrons. The summed E-state index contributed by atoms with van der Waals surface area (Å²) >= 11 is 0. The molecule has 0 bridgehead atoms. The molecular weight excluding hydrogens is 424 g/mol. The second-order valence-electron chi connectivity index (χ2n) is 13.4. The summed E-state index contributed by atoms with van der Waals surface area (Å²) in [5.74, 6) is 0.993. The Morgan fingerprint density at radius 1 is 1.12 bits per heavy atom. The molecule has 0 heterocycles. The average molecular weight is 469 g/mol. The lowest BCUT2D eigenvalue weighted by Crippen LogP contribution is -2.57. The molecule has 0 amide bonds. The minimum Gasteiger partial charge on any atom is -0.478 e. The number of hydrogen-bond acceptors (Lipinski definition) is 3. The van der Waals surface area contributed by atoms with Gasteiger partial charge >= 0.3 is 5.97 Å². The molecule has 0 spiro atoms. The minimum absolute atomic E-state index is 0.0698. The van der Waals surface area contributed by atoms with Crippen LogP contribution in [0.3, 0.4) is 0 Å². The quantitative estimate of drug-likeness (QED) is 0.356. The number of ketones is 2. The molecular formula is C30H44O4. The third kappa shape index (κ3) is 3.49. The van der Waals surface area contributed by atoms with Crippen LogP contribution >= 0.6 is 0 Å². The van der Waals surface area contributed by atoms with Crippen LogP contribution in [0.4, 0.5) is 0 Å². The standard InChI is InChI=1S/C30H44O4/c1-18(16-20(31)17-19(2)26(33)34)21-10-14-30(7)23-8-9-24-27(3,4)25(32)12-13-28(24,5)22(23)11-15-29(21,30)6/h8,17-18,21-22,24H,9-16H2,1-7H3,(H,33,34)/b19-17+/t18-,21-,22+,24+,28+,29+,30+/m0/s1. The summed E-state index contributed by atoms with van der Waals surface area (Å²) in [5.41, 5.74) is 1.97. The maximum atomic E-state index is 12.8. The van der Waals surface area contributed by atoms with Crippen molar-refractivity contribution in [1.82, 2.24) is 0 Å². The molecule has 0 aromatic carbocycles. The number of carboxylic acid groups (broad SMARTS) is 1. The number of allylic oxidation sites excluding steroid dienone is 3. The zero-order chi connectivity index (χ0) is 25.3. The smallest absolute Gasteiger partial charge is 0.331 e. The molecule has 0 aromatic rings. The Morgan fingerprint density at radius 2 is 1.79 bits per heavy atom. The Bertz CT molecular complexity index is 970. The Morgan fingerprint density at radius 3 is 2.44 bits per heavy atom. The first-order chi connectivity index (χ1) is 15.7. The largest absolute Gasteiger partial charge is 0.478 e. The zero-order valence-corrected chi connectivity index (χ0v) is 22.3. The van der Waals surface area contributed by atoms with Gasteiger partial charge in [0.15, 0.2) is 5.78 Å². The highest BCUT2D eigenvalue weighted by Crippen LogP contribution is 2.73. The first kappa shape index (κ1) is 25.4. The summed E-state index contributed by atoms with van der Waals surface area (Å²) < 4.78 is 0. The lowest BCUT2D eigenvalue weighted by Gasteiger charge is -2.63. The topological polar surface area (TPSA) is 71.4 Å². The zero-order valence-electron chi connectivity index (χ0n) is 22.3. The number of carbonyl (C=O) groups is 3. The molecule has 188 valence electrons. The van der Waals surface area contributed by atoms with Crippen LogP contribution in [0.25, 0.3) is 0 Å². The van der Waals surface area contributed by atoms with Crippen molar-refractivity contribution in [3.8, 4) is 0 Å². The van der Waals surface area contributed by atoms with E-state index in [0.29, 0.717) is 36.4 Å². The fourth-order valence-electron chi connectivity index (χ4n) is 9.29. The van der Waals surface area contributed by atoms with Gasteiger partial charge in [-0.2, -0.15) is 0 Å². The first-order valence-corrected chi connectivity index (χ1v) is 13.4. The summed E-state index contributed by atoms with van der Waals surface area (Å²) in [6.45, 7) is 15.5. The SMILES string of the molecule is C/C(=C\C(=O)C[C@H](C)[C@@H]1CC[C@]2(C)C3=CC[C@@H]4C(C)(C)C(=O)CC[C@]4(C)[C@@H]3CC[C@]12C)C(=O)O. The van der Waals surface area contributed by atoms with Gasteiger partial charge in [0.1, 0.15) is 5.78 Å². The van der Waals surface area contributed by atoms with E-state index in [1.54, 1.807) is 5.57 Å². The van der Waals surface area contributed by atoms with Crippen LogP contribution < -0.4 is 0 Å². The van der Waals surface area contributed by atoms with Gasteiger partial charge in [0.25, 0.3) is 0 Å². The van der Waals surface area contributed by atoms with Crippen molar-refractivity contribution in [3.63, 3.8) is 0 Å². The second-order valence-corrected chi connectivity index (χ2v) is 13.4. The number of rotatable bonds is 5. The molecule has 4 rings (SSSR count). The van der Waals surface area contributed by atoms with Crippen molar-refractivity contribution >= 4 is 17.5 Å². The second kappa shape index (κ2) is 8.17. The van der Waals surface area contributed by atoms with Crippen LogP contribution in [0, 0.1) is 45.3 Å². The van der Waals surface area contributed by atoms with E-state index in [9.17, 15) is 14.4 Å². The van der Waals surface area contributed by atoms with Crippen LogP contribution in [0.5, 0.6) is 0 Å². The van der Waals surface area contributed by atoms with Crippen molar-refractivity contribution in [2.24, 2.45) is 45.3 Å². The van der Waals surface area contributed by atoms with E-state index in [4.69, 9.17) is 5.11 Å². The number of hydrogen-bond donors (Lipinski definition) is 1. The number of carboxylic acids is 1.